The topological polar surface area (TPSA) is 45.2 Å². The third-order valence-corrected chi connectivity index (χ3v) is 5.92. The van der Waals surface area contributed by atoms with Crippen molar-refractivity contribution in [3.05, 3.63) is 59.1 Å². The van der Waals surface area contributed by atoms with Crippen LogP contribution in [0.5, 0.6) is 0 Å². The molecule has 1 amide bonds. The number of carbonyl (C=O) groups excluding carboxylic acids is 1. The molecule has 134 valence electrons. The first kappa shape index (κ1) is 17.0. The summed E-state index contributed by atoms with van der Waals surface area (Å²) in [6.45, 7) is 4.36. The maximum atomic E-state index is 12.7. The fourth-order valence-corrected chi connectivity index (χ4v) is 4.33. The molecule has 1 aliphatic heterocycles. The van der Waals surface area contributed by atoms with Crippen LogP contribution in [0.25, 0.3) is 10.1 Å². The number of piperidine rings is 1. The minimum Gasteiger partial charge on any atom is -0.355 e. The number of fused-ring (bicyclic) bond motifs is 1. The van der Waals surface area contributed by atoms with E-state index < -0.39 is 0 Å². The predicted octanol–water partition coefficient (Wildman–Crippen LogP) is 4.14. The van der Waals surface area contributed by atoms with Gasteiger partial charge in [-0.2, -0.15) is 0 Å². The molecular weight excluding hydrogens is 342 g/mol. The van der Waals surface area contributed by atoms with Crippen LogP contribution in [0.4, 0.5) is 5.82 Å². The van der Waals surface area contributed by atoms with Crippen LogP contribution in [-0.4, -0.2) is 24.0 Å². The van der Waals surface area contributed by atoms with Crippen molar-refractivity contribution in [2.24, 2.45) is 5.92 Å². The molecule has 1 fully saturated rings. The van der Waals surface area contributed by atoms with Gasteiger partial charge in [0.05, 0.1) is 5.92 Å². The molecule has 0 spiro atoms. The summed E-state index contributed by atoms with van der Waals surface area (Å²) in [5.41, 5.74) is 2.37. The van der Waals surface area contributed by atoms with Gasteiger partial charge in [0.25, 0.3) is 0 Å². The SMILES string of the molecule is Cc1ccc(CNC(=O)[C@H]2CCCN(c3nccc4sccc34)C2)cc1. The van der Waals surface area contributed by atoms with E-state index in [9.17, 15) is 4.79 Å². The van der Waals surface area contributed by atoms with Crippen molar-refractivity contribution in [3.63, 3.8) is 0 Å². The molecule has 0 unspecified atom stereocenters. The zero-order chi connectivity index (χ0) is 17.9. The summed E-state index contributed by atoms with van der Waals surface area (Å²) in [6, 6.07) is 12.5. The highest BCUT2D eigenvalue weighted by molar-refractivity contribution is 7.17. The Morgan fingerprint density at radius 1 is 1.27 bits per heavy atom. The quantitative estimate of drug-likeness (QED) is 0.756. The van der Waals surface area contributed by atoms with Gasteiger partial charge in [-0.05, 0) is 42.8 Å². The normalized spacial score (nSPS) is 17.4. The van der Waals surface area contributed by atoms with Crippen molar-refractivity contribution in [2.45, 2.75) is 26.3 Å². The Morgan fingerprint density at radius 3 is 2.96 bits per heavy atom. The molecule has 3 aromatic rings. The first-order chi connectivity index (χ1) is 12.7. The van der Waals surface area contributed by atoms with E-state index in [1.807, 2.05) is 6.20 Å². The van der Waals surface area contributed by atoms with Crippen LogP contribution in [0.15, 0.2) is 48.0 Å². The lowest BCUT2D eigenvalue weighted by molar-refractivity contribution is -0.125. The van der Waals surface area contributed by atoms with Crippen LogP contribution in [-0.2, 0) is 11.3 Å². The highest BCUT2D eigenvalue weighted by atomic mass is 32.1. The van der Waals surface area contributed by atoms with Crippen molar-refractivity contribution in [3.8, 4) is 0 Å². The van der Waals surface area contributed by atoms with Crippen LogP contribution in [0.1, 0.15) is 24.0 Å². The van der Waals surface area contributed by atoms with E-state index >= 15 is 0 Å². The Morgan fingerprint density at radius 2 is 2.12 bits per heavy atom. The molecule has 1 aliphatic rings. The molecule has 1 aromatic carbocycles. The first-order valence-electron chi connectivity index (χ1n) is 9.11. The number of carbonyl (C=O) groups is 1. The predicted molar refractivity (Wildman–Crippen MR) is 108 cm³/mol. The van der Waals surface area contributed by atoms with E-state index in [-0.39, 0.29) is 11.8 Å². The fourth-order valence-electron chi connectivity index (χ4n) is 3.55. The summed E-state index contributed by atoms with van der Waals surface area (Å²) in [7, 11) is 0. The summed E-state index contributed by atoms with van der Waals surface area (Å²) in [4.78, 5) is 19.5. The average Bonchev–Trinajstić information content (AvgIpc) is 3.16. The number of rotatable bonds is 4. The molecule has 0 aliphatic carbocycles. The molecule has 2 aromatic heterocycles. The molecule has 0 bridgehead atoms. The van der Waals surface area contributed by atoms with Gasteiger partial charge in [0.2, 0.25) is 5.91 Å². The second-order valence-corrected chi connectivity index (χ2v) is 7.90. The van der Waals surface area contributed by atoms with E-state index in [4.69, 9.17) is 0 Å². The van der Waals surface area contributed by atoms with E-state index in [0.717, 1.165) is 37.3 Å². The molecule has 4 nitrogen and oxygen atoms in total. The van der Waals surface area contributed by atoms with Gasteiger partial charge in [0.15, 0.2) is 0 Å². The monoisotopic (exact) mass is 365 g/mol. The molecule has 5 heteroatoms. The number of hydrogen-bond donors (Lipinski definition) is 1. The maximum Gasteiger partial charge on any atom is 0.225 e. The molecule has 1 saturated heterocycles. The summed E-state index contributed by atoms with van der Waals surface area (Å²) < 4.78 is 1.25. The zero-order valence-electron chi connectivity index (χ0n) is 14.9. The zero-order valence-corrected chi connectivity index (χ0v) is 15.8. The Hall–Kier alpha value is -2.40. The minimum absolute atomic E-state index is 0.0184. The number of nitrogens with one attached hydrogen (secondary N) is 1. The lowest BCUT2D eigenvalue weighted by Crippen LogP contribution is -2.43. The van der Waals surface area contributed by atoms with Crippen LogP contribution >= 0.6 is 11.3 Å². The number of pyridine rings is 1. The van der Waals surface area contributed by atoms with E-state index in [0.29, 0.717) is 6.54 Å². The highest BCUT2D eigenvalue weighted by Crippen LogP contribution is 2.31. The highest BCUT2D eigenvalue weighted by Gasteiger charge is 2.27. The number of benzene rings is 1. The van der Waals surface area contributed by atoms with Gasteiger partial charge in [-0.1, -0.05) is 29.8 Å². The van der Waals surface area contributed by atoms with Gasteiger partial charge in [-0.25, -0.2) is 4.98 Å². The standard InChI is InChI=1S/C21H23N3OS/c1-15-4-6-16(7-5-15)13-23-21(25)17-3-2-11-24(14-17)20-18-9-12-26-19(18)8-10-22-20/h4-10,12,17H,2-3,11,13-14H2,1H3,(H,23,25)/t17-/m0/s1. The van der Waals surface area contributed by atoms with Crippen molar-refractivity contribution >= 4 is 33.1 Å². The molecule has 0 radical (unpaired) electrons. The number of nitrogens with zero attached hydrogens (tertiary/aromatic N) is 2. The van der Waals surface area contributed by atoms with Gasteiger partial charge >= 0.3 is 0 Å². The van der Waals surface area contributed by atoms with Gasteiger partial charge in [-0.15, -0.1) is 11.3 Å². The molecular formula is C21H23N3OS. The van der Waals surface area contributed by atoms with Gasteiger partial charge in [-0.3, -0.25) is 4.79 Å². The van der Waals surface area contributed by atoms with E-state index in [2.05, 4.69) is 63.9 Å². The Bertz CT molecular complexity index is 903. The van der Waals surface area contributed by atoms with Crippen LogP contribution in [0.3, 0.4) is 0 Å². The number of amides is 1. The lowest BCUT2D eigenvalue weighted by atomic mass is 9.96. The van der Waals surface area contributed by atoms with Crippen LogP contribution < -0.4 is 10.2 Å². The Balaban J connectivity index is 1.42. The van der Waals surface area contributed by atoms with Gasteiger partial charge < -0.3 is 10.2 Å². The lowest BCUT2D eigenvalue weighted by Gasteiger charge is -2.33. The number of hydrogen-bond acceptors (Lipinski definition) is 4. The Kier molecular flexibility index (Phi) is 4.89. The molecule has 26 heavy (non-hydrogen) atoms. The molecule has 1 N–H and O–H groups in total. The minimum atomic E-state index is 0.0184. The van der Waals surface area contributed by atoms with Gasteiger partial charge in [0, 0.05) is 35.9 Å². The number of aryl methyl sites for hydroxylation is 1. The number of anilines is 1. The van der Waals surface area contributed by atoms with Crippen molar-refractivity contribution in [1.29, 1.82) is 0 Å². The average molecular weight is 366 g/mol. The first-order valence-corrected chi connectivity index (χ1v) is 9.99. The second-order valence-electron chi connectivity index (χ2n) is 6.96. The van der Waals surface area contributed by atoms with Gasteiger partial charge in [0.1, 0.15) is 5.82 Å². The summed E-state index contributed by atoms with van der Waals surface area (Å²) in [5, 5.41) is 6.40. The summed E-state index contributed by atoms with van der Waals surface area (Å²) in [5.74, 6) is 1.18. The summed E-state index contributed by atoms with van der Waals surface area (Å²) in [6.07, 6.45) is 3.83. The van der Waals surface area contributed by atoms with Crippen molar-refractivity contribution in [1.82, 2.24) is 10.3 Å². The number of aromatic nitrogens is 1. The van der Waals surface area contributed by atoms with Crippen LogP contribution in [0, 0.1) is 12.8 Å². The van der Waals surface area contributed by atoms with Crippen LogP contribution in [0.2, 0.25) is 0 Å². The summed E-state index contributed by atoms with van der Waals surface area (Å²) >= 11 is 1.73. The molecule has 0 saturated carbocycles. The van der Waals surface area contributed by atoms with Crippen molar-refractivity contribution in [2.75, 3.05) is 18.0 Å². The smallest absolute Gasteiger partial charge is 0.225 e. The third-order valence-electron chi connectivity index (χ3n) is 5.04. The number of thiophene rings is 1. The maximum absolute atomic E-state index is 12.7. The Labute approximate surface area is 157 Å². The third kappa shape index (κ3) is 3.58. The molecule has 4 rings (SSSR count). The van der Waals surface area contributed by atoms with Crippen molar-refractivity contribution < 1.29 is 4.79 Å². The molecule has 3 heterocycles. The van der Waals surface area contributed by atoms with E-state index in [1.54, 1.807) is 11.3 Å². The second kappa shape index (κ2) is 7.46. The largest absolute Gasteiger partial charge is 0.355 e. The fraction of sp³-hybridized carbons (Fsp3) is 0.333. The molecule has 1 atom stereocenters. The van der Waals surface area contributed by atoms with E-state index in [1.165, 1.54) is 15.6 Å².